The molecule has 0 amide bonds. The Bertz CT molecular complexity index is 714. The van der Waals surface area contributed by atoms with Crippen LogP contribution in [-0.2, 0) is 9.47 Å². The van der Waals surface area contributed by atoms with Crippen molar-refractivity contribution in [3.63, 3.8) is 0 Å². The largest absolute Gasteiger partial charge is 0.465 e. The summed E-state index contributed by atoms with van der Waals surface area (Å²) in [6.07, 6.45) is 1.17. The molecular formula is C19H26N2O4. The van der Waals surface area contributed by atoms with Gasteiger partial charge in [0.05, 0.1) is 29.8 Å². The van der Waals surface area contributed by atoms with Crippen molar-refractivity contribution in [2.75, 3.05) is 6.61 Å². The van der Waals surface area contributed by atoms with E-state index in [4.69, 9.17) is 14.2 Å². The van der Waals surface area contributed by atoms with E-state index < -0.39 is 0 Å². The molecule has 0 aliphatic rings. The molecule has 0 saturated carbocycles. The topological polar surface area (TPSA) is 62.6 Å². The third-order valence-corrected chi connectivity index (χ3v) is 3.41. The summed E-state index contributed by atoms with van der Waals surface area (Å²) in [5.41, 5.74) is 1.77. The molecule has 6 heteroatoms. The maximum atomic E-state index is 11.9. The lowest BCUT2D eigenvalue weighted by Crippen LogP contribution is -2.29. The highest BCUT2D eigenvalue weighted by molar-refractivity contribution is 5.90. The average molecular weight is 346 g/mol. The number of nitrogens with zero attached hydrogens (tertiary/aromatic N) is 2. The first-order chi connectivity index (χ1) is 11.7. The Morgan fingerprint density at radius 1 is 1.24 bits per heavy atom. The molecular weight excluding hydrogens is 320 g/mol. The Morgan fingerprint density at radius 3 is 2.44 bits per heavy atom. The molecule has 0 fully saturated rings. The standard InChI is InChI=1S/C19H26N2O4/c1-7-23-18(22)17-12-20-21(13(17)2)15-8-10-16(11-9-15)24-14(3)25-19(4,5)6/h8-12,14H,7H2,1-6H3. The number of hydrogen-bond donors (Lipinski definition) is 0. The third-order valence-electron chi connectivity index (χ3n) is 3.41. The van der Waals surface area contributed by atoms with Crippen LogP contribution in [0.15, 0.2) is 30.5 Å². The molecule has 1 aromatic heterocycles. The van der Waals surface area contributed by atoms with E-state index in [1.165, 1.54) is 6.20 Å². The molecule has 0 aliphatic heterocycles. The Morgan fingerprint density at radius 2 is 1.88 bits per heavy atom. The zero-order chi connectivity index (χ0) is 18.6. The van der Waals surface area contributed by atoms with Crippen molar-refractivity contribution in [3.8, 4) is 11.4 Å². The highest BCUT2D eigenvalue weighted by atomic mass is 16.7. The molecule has 2 rings (SSSR count). The van der Waals surface area contributed by atoms with Gasteiger partial charge in [0.15, 0.2) is 6.29 Å². The van der Waals surface area contributed by atoms with Gasteiger partial charge in [-0.3, -0.25) is 0 Å². The summed E-state index contributed by atoms with van der Waals surface area (Å²) in [7, 11) is 0. The van der Waals surface area contributed by atoms with Gasteiger partial charge < -0.3 is 14.2 Å². The van der Waals surface area contributed by atoms with Crippen LogP contribution < -0.4 is 4.74 Å². The van der Waals surface area contributed by atoms with Crippen molar-refractivity contribution < 1.29 is 19.0 Å². The molecule has 2 aromatic rings. The van der Waals surface area contributed by atoms with Gasteiger partial charge >= 0.3 is 5.97 Å². The number of ether oxygens (including phenoxy) is 3. The van der Waals surface area contributed by atoms with E-state index in [9.17, 15) is 4.79 Å². The van der Waals surface area contributed by atoms with Crippen LogP contribution in [0.1, 0.15) is 50.7 Å². The maximum Gasteiger partial charge on any atom is 0.341 e. The second kappa shape index (κ2) is 7.70. The molecule has 1 aromatic carbocycles. The fraction of sp³-hybridized carbons (Fsp3) is 0.474. The number of benzene rings is 1. The highest BCUT2D eigenvalue weighted by Crippen LogP contribution is 2.21. The van der Waals surface area contributed by atoms with Crippen LogP contribution in [0.4, 0.5) is 0 Å². The van der Waals surface area contributed by atoms with Gasteiger partial charge in [-0.05, 0) is 65.8 Å². The average Bonchev–Trinajstić information content (AvgIpc) is 2.88. The van der Waals surface area contributed by atoms with E-state index in [-0.39, 0.29) is 17.9 Å². The van der Waals surface area contributed by atoms with Gasteiger partial charge in [0.25, 0.3) is 0 Å². The van der Waals surface area contributed by atoms with Gasteiger partial charge in [0.2, 0.25) is 0 Å². The Kier molecular flexibility index (Phi) is 5.85. The van der Waals surface area contributed by atoms with Crippen LogP contribution in [0.5, 0.6) is 5.75 Å². The van der Waals surface area contributed by atoms with Crippen molar-refractivity contribution in [1.29, 1.82) is 0 Å². The molecule has 1 heterocycles. The summed E-state index contributed by atoms with van der Waals surface area (Å²) in [5, 5.41) is 4.28. The summed E-state index contributed by atoms with van der Waals surface area (Å²) in [5.74, 6) is 0.343. The Balaban J connectivity index is 2.11. The Hall–Kier alpha value is -2.34. The maximum absolute atomic E-state index is 11.9. The lowest BCUT2D eigenvalue weighted by molar-refractivity contribution is -0.140. The zero-order valence-corrected chi connectivity index (χ0v) is 15.7. The predicted molar refractivity (Wildman–Crippen MR) is 95.2 cm³/mol. The molecule has 0 N–H and O–H groups in total. The molecule has 6 nitrogen and oxygen atoms in total. The molecule has 0 radical (unpaired) electrons. The monoisotopic (exact) mass is 346 g/mol. The lowest BCUT2D eigenvalue weighted by atomic mass is 10.2. The number of hydrogen-bond acceptors (Lipinski definition) is 5. The minimum atomic E-state index is -0.362. The van der Waals surface area contributed by atoms with Crippen LogP contribution in [0.25, 0.3) is 5.69 Å². The fourth-order valence-electron chi connectivity index (χ4n) is 2.46. The van der Waals surface area contributed by atoms with E-state index in [1.807, 2.05) is 58.9 Å². The minimum absolute atomic E-state index is 0.269. The lowest BCUT2D eigenvalue weighted by Gasteiger charge is -2.25. The SMILES string of the molecule is CCOC(=O)c1cnn(-c2ccc(OC(C)OC(C)(C)C)cc2)c1C. The van der Waals surface area contributed by atoms with Gasteiger partial charge in [-0.25, -0.2) is 9.48 Å². The normalized spacial score (nSPS) is 12.7. The van der Waals surface area contributed by atoms with Gasteiger partial charge in [-0.2, -0.15) is 5.10 Å². The van der Waals surface area contributed by atoms with Crippen molar-refractivity contribution in [3.05, 3.63) is 41.7 Å². The second-order valence-corrected chi connectivity index (χ2v) is 6.69. The van der Waals surface area contributed by atoms with Crippen molar-refractivity contribution in [2.45, 2.75) is 53.4 Å². The number of esters is 1. The van der Waals surface area contributed by atoms with E-state index in [0.717, 1.165) is 11.4 Å². The summed E-state index contributed by atoms with van der Waals surface area (Å²) >= 11 is 0. The molecule has 136 valence electrons. The second-order valence-electron chi connectivity index (χ2n) is 6.69. The molecule has 1 unspecified atom stereocenters. The molecule has 0 spiro atoms. The minimum Gasteiger partial charge on any atom is -0.465 e. The van der Waals surface area contributed by atoms with Crippen LogP contribution >= 0.6 is 0 Å². The van der Waals surface area contributed by atoms with E-state index >= 15 is 0 Å². The van der Waals surface area contributed by atoms with Gasteiger partial charge in [0.1, 0.15) is 11.3 Å². The van der Waals surface area contributed by atoms with Gasteiger partial charge in [0, 0.05) is 0 Å². The van der Waals surface area contributed by atoms with Crippen LogP contribution in [-0.4, -0.2) is 34.2 Å². The van der Waals surface area contributed by atoms with Crippen molar-refractivity contribution in [1.82, 2.24) is 9.78 Å². The zero-order valence-electron chi connectivity index (χ0n) is 15.7. The smallest absolute Gasteiger partial charge is 0.341 e. The quantitative estimate of drug-likeness (QED) is 0.586. The van der Waals surface area contributed by atoms with Crippen molar-refractivity contribution >= 4 is 5.97 Å². The van der Waals surface area contributed by atoms with Crippen LogP contribution in [0, 0.1) is 6.92 Å². The van der Waals surface area contributed by atoms with E-state index in [2.05, 4.69) is 5.10 Å². The molecule has 1 atom stereocenters. The van der Waals surface area contributed by atoms with Crippen LogP contribution in [0.3, 0.4) is 0 Å². The number of rotatable bonds is 6. The molecule has 0 bridgehead atoms. The first-order valence-corrected chi connectivity index (χ1v) is 8.38. The van der Waals surface area contributed by atoms with Crippen LogP contribution in [0.2, 0.25) is 0 Å². The van der Waals surface area contributed by atoms with Crippen molar-refractivity contribution in [2.24, 2.45) is 0 Å². The molecule has 0 aliphatic carbocycles. The summed E-state index contributed by atoms with van der Waals surface area (Å²) in [6, 6.07) is 7.47. The van der Waals surface area contributed by atoms with E-state index in [0.29, 0.717) is 17.9 Å². The highest BCUT2D eigenvalue weighted by Gasteiger charge is 2.17. The fourth-order valence-corrected chi connectivity index (χ4v) is 2.46. The first-order valence-electron chi connectivity index (χ1n) is 8.38. The number of carbonyl (C=O) groups is 1. The number of aromatic nitrogens is 2. The van der Waals surface area contributed by atoms with Gasteiger partial charge in [-0.15, -0.1) is 0 Å². The van der Waals surface area contributed by atoms with Gasteiger partial charge in [-0.1, -0.05) is 0 Å². The van der Waals surface area contributed by atoms with E-state index in [1.54, 1.807) is 11.6 Å². The summed E-state index contributed by atoms with van der Waals surface area (Å²) in [4.78, 5) is 11.9. The molecule has 25 heavy (non-hydrogen) atoms. The number of carbonyl (C=O) groups excluding carboxylic acids is 1. The molecule has 0 saturated heterocycles. The third kappa shape index (κ3) is 5.06. The predicted octanol–water partition coefficient (Wildman–Crippen LogP) is 3.90. The summed E-state index contributed by atoms with van der Waals surface area (Å²) < 4.78 is 18.2. The Labute approximate surface area is 148 Å². The first kappa shape index (κ1) is 19.0. The summed E-state index contributed by atoms with van der Waals surface area (Å²) in [6.45, 7) is 11.8.